The number of hydrogen-bond donors (Lipinski definition) is 2. The quantitative estimate of drug-likeness (QED) is 0.778. The van der Waals surface area contributed by atoms with Gasteiger partial charge in [0.1, 0.15) is 0 Å². The van der Waals surface area contributed by atoms with Gasteiger partial charge in [0.25, 0.3) is 0 Å². The van der Waals surface area contributed by atoms with E-state index in [0.717, 1.165) is 11.3 Å². The Kier molecular flexibility index (Phi) is 3.20. The summed E-state index contributed by atoms with van der Waals surface area (Å²) in [7, 11) is 1.80. The van der Waals surface area contributed by atoms with Crippen LogP contribution in [0.25, 0.3) is 0 Å². The van der Waals surface area contributed by atoms with E-state index in [-0.39, 0.29) is 0 Å². The average molecular weight is 205 g/mol. The van der Waals surface area contributed by atoms with Gasteiger partial charge in [-0.2, -0.15) is 0 Å². The SMILES string of the molecule is CNc1c(Cl)cc(Cl)cc1CN. The monoisotopic (exact) mass is 204 g/mol. The molecule has 0 amide bonds. The van der Waals surface area contributed by atoms with Crippen molar-refractivity contribution in [1.29, 1.82) is 0 Å². The number of anilines is 1. The molecule has 0 unspecified atom stereocenters. The Morgan fingerprint density at radius 1 is 1.42 bits per heavy atom. The molecule has 0 saturated carbocycles. The Morgan fingerprint density at radius 3 is 2.58 bits per heavy atom. The summed E-state index contributed by atoms with van der Waals surface area (Å²) in [6.45, 7) is 0.427. The second-order valence-corrected chi connectivity index (χ2v) is 3.22. The molecule has 3 N–H and O–H groups in total. The zero-order valence-electron chi connectivity index (χ0n) is 6.70. The molecule has 0 aromatic heterocycles. The van der Waals surface area contributed by atoms with Crippen LogP contribution < -0.4 is 11.1 Å². The van der Waals surface area contributed by atoms with E-state index in [4.69, 9.17) is 28.9 Å². The Balaban J connectivity index is 3.24. The molecule has 0 atom stereocenters. The third kappa shape index (κ3) is 1.83. The van der Waals surface area contributed by atoms with E-state index in [1.165, 1.54) is 0 Å². The Morgan fingerprint density at radius 2 is 2.08 bits per heavy atom. The predicted octanol–water partition coefficient (Wildman–Crippen LogP) is 2.49. The minimum atomic E-state index is 0.427. The highest BCUT2D eigenvalue weighted by atomic mass is 35.5. The van der Waals surface area contributed by atoms with E-state index >= 15 is 0 Å². The number of benzene rings is 1. The number of nitrogens with one attached hydrogen (secondary N) is 1. The molecule has 1 aromatic rings. The third-order valence-corrected chi connectivity index (χ3v) is 2.12. The molecule has 0 saturated heterocycles. The van der Waals surface area contributed by atoms with Gasteiger partial charge in [0.2, 0.25) is 0 Å². The lowest BCUT2D eigenvalue weighted by Gasteiger charge is -2.09. The molecule has 66 valence electrons. The van der Waals surface area contributed by atoms with Crippen LogP contribution in [-0.4, -0.2) is 7.05 Å². The second-order valence-electron chi connectivity index (χ2n) is 2.38. The van der Waals surface area contributed by atoms with Gasteiger partial charge in [-0.1, -0.05) is 23.2 Å². The van der Waals surface area contributed by atoms with E-state index in [9.17, 15) is 0 Å². The molecular weight excluding hydrogens is 195 g/mol. The summed E-state index contributed by atoms with van der Waals surface area (Å²) in [6, 6.07) is 3.49. The summed E-state index contributed by atoms with van der Waals surface area (Å²) in [6.07, 6.45) is 0. The fourth-order valence-electron chi connectivity index (χ4n) is 1.07. The highest BCUT2D eigenvalue weighted by Crippen LogP contribution is 2.29. The molecule has 0 heterocycles. The van der Waals surface area contributed by atoms with Crippen LogP contribution in [0, 0.1) is 0 Å². The zero-order chi connectivity index (χ0) is 9.14. The molecule has 0 aliphatic carbocycles. The lowest BCUT2D eigenvalue weighted by molar-refractivity contribution is 1.07. The van der Waals surface area contributed by atoms with Crippen LogP contribution >= 0.6 is 23.2 Å². The molecule has 2 nitrogen and oxygen atoms in total. The van der Waals surface area contributed by atoms with Crippen LogP contribution in [0.3, 0.4) is 0 Å². The van der Waals surface area contributed by atoms with Crippen molar-refractivity contribution in [1.82, 2.24) is 0 Å². The van der Waals surface area contributed by atoms with Crippen molar-refractivity contribution in [2.24, 2.45) is 5.73 Å². The molecule has 0 spiro atoms. The maximum absolute atomic E-state index is 5.91. The number of halogens is 2. The zero-order valence-corrected chi connectivity index (χ0v) is 8.21. The molecule has 0 aliphatic rings. The maximum atomic E-state index is 5.91. The molecule has 4 heteroatoms. The van der Waals surface area contributed by atoms with Crippen LogP contribution in [0.15, 0.2) is 12.1 Å². The van der Waals surface area contributed by atoms with Crippen molar-refractivity contribution in [3.8, 4) is 0 Å². The normalized spacial score (nSPS) is 10.0. The lowest BCUT2D eigenvalue weighted by Crippen LogP contribution is -2.02. The van der Waals surface area contributed by atoms with E-state index < -0.39 is 0 Å². The Labute approximate surface area is 81.7 Å². The summed E-state index contributed by atoms with van der Waals surface area (Å²) < 4.78 is 0. The molecular formula is C8H10Cl2N2. The van der Waals surface area contributed by atoms with E-state index in [2.05, 4.69) is 5.32 Å². The van der Waals surface area contributed by atoms with Crippen LogP contribution in [0.1, 0.15) is 5.56 Å². The summed E-state index contributed by atoms with van der Waals surface area (Å²) in [5, 5.41) is 4.18. The first kappa shape index (κ1) is 9.65. The summed E-state index contributed by atoms with van der Waals surface area (Å²) in [5.41, 5.74) is 7.28. The molecule has 1 aromatic carbocycles. The predicted molar refractivity (Wildman–Crippen MR) is 53.9 cm³/mol. The van der Waals surface area contributed by atoms with Crippen molar-refractivity contribution >= 4 is 28.9 Å². The van der Waals surface area contributed by atoms with Crippen LogP contribution in [0.5, 0.6) is 0 Å². The number of rotatable bonds is 2. The van der Waals surface area contributed by atoms with Crippen molar-refractivity contribution in [3.63, 3.8) is 0 Å². The van der Waals surface area contributed by atoms with E-state index in [1.807, 2.05) is 0 Å². The van der Waals surface area contributed by atoms with Gasteiger partial charge in [-0.3, -0.25) is 0 Å². The van der Waals surface area contributed by atoms with Gasteiger partial charge in [0, 0.05) is 18.6 Å². The van der Waals surface area contributed by atoms with Gasteiger partial charge in [0.05, 0.1) is 10.7 Å². The standard InChI is InChI=1S/C8H10Cl2N2/c1-12-8-5(4-11)2-6(9)3-7(8)10/h2-3,12H,4,11H2,1H3. The van der Waals surface area contributed by atoms with Crippen molar-refractivity contribution in [2.75, 3.05) is 12.4 Å². The molecule has 1 rings (SSSR count). The van der Waals surface area contributed by atoms with Gasteiger partial charge in [-0.15, -0.1) is 0 Å². The molecule has 0 fully saturated rings. The minimum Gasteiger partial charge on any atom is -0.387 e. The topological polar surface area (TPSA) is 38.0 Å². The third-order valence-electron chi connectivity index (χ3n) is 1.61. The van der Waals surface area contributed by atoms with Gasteiger partial charge >= 0.3 is 0 Å². The largest absolute Gasteiger partial charge is 0.387 e. The molecule has 0 aliphatic heterocycles. The Bertz CT molecular complexity index is 287. The van der Waals surface area contributed by atoms with E-state index in [0.29, 0.717) is 16.6 Å². The maximum Gasteiger partial charge on any atom is 0.0655 e. The first-order valence-electron chi connectivity index (χ1n) is 3.54. The summed E-state index contributed by atoms with van der Waals surface area (Å²) in [4.78, 5) is 0. The highest BCUT2D eigenvalue weighted by Gasteiger charge is 2.05. The first-order valence-corrected chi connectivity index (χ1v) is 4.30. The van der Waals surface area contributed by atoms with Gasteiger partial charge in [-0.05, 0) is 17.7 Å². The highest BCUT2D eigenvalue weighted by molar-refractivity contribution is 6.36. The van der Waals surface area contributed by atoms with Crippen molar-refractivity contribution in [3.05, 3.63) is 27.7 Å². The number of hydrogen-bond acceptors (Lipinski definition) is 2. The van der Waals surface area contributed by atoms with Crippen LogP contribution in [0.2, 0.25) is 10.0 Å². The van der Waals surface area contributed by atoms with E-state index in [1.54, 1.807) is 19.2 Å². The van der Waals surface area contributed by atoms with Gasteiger partial charge < -0.3 is 11.1 Å². The first-order chi connectivity index (χ1) is 5.69. The second kappa shape index (κ2) is 3.99. The fourth-order valence-corrected chi connectivity index (χ4v) is 1.70. The van der Waals surface area contributed by atoms with Gasteiger partial charge in [-0.25, -0.2) is 0 Å². The van der Waals surface area contributed by atoms with Crippen molar-refractivity contribution in [2.45, 2.75) is 6.54 Å². The summed E-state index contributed by atoms with van der Waals surface area (Å²) >= 11 is 11.7. The van der Waals surface area contributed by atoms with Crippen LogP contribution in [0.4, 0.5) is 5.69 Å². The molecule has 0 bridgehead atoms. The number of nitrogens with two attached hydrogens (primary N) is 1. The van der Waals surface area contributed by atoms with Crippen LogP contribution in [-0.2, 0) is 6.54 Å². The molecule has 12 heavy (non-hydrogen) atoms. The molecule has 0 radical (unpaired) electrons. The fraction of sp³-hybridized carbons (Fsp3) is 0.250. The van der Waals surface area contributed by atoms with Gasteiger partial charge in [0.15, 0.2) is 0 Å². The summed E-state index contributed by atoms with van der Waals surface area (Å²) in [5.74, 6) is 0. The average Bonchev–Trinajstić information content (AvgIpc) is 2.03. The smallest absolute Gasteiger partial charge is 0.0655 e. The minimum absolute atomic E-state index is 0.427. The van der Waals surface area contributed by atoms with Crippen molar-refractivity contribution < 1.29 is 0 Å². The Hall–Kier alpha value is -0.440. The lowest BCUT2D eigenvalue weighted by atomic mass is 10.2.